The lowest BCUT2D eigenvalue weighted by atomic mass is 10.1. The van der Waals surface area contributed by atoms with Gasteiger partial charge in [-0.1, -0.05) is 45.3 Å². The highest BCUT2D eigenvalue weighted by Crippen LogP contribution is 2.25. The van der Waals surface area contributed by atoms with Gasteiger partial charge in [-0.05, 0) is 55.9 Å². The van der Waals surface area contributed by atoms with Gasteiger partial charge in [0.2, 0.25) is 0 Å². The van der Waals surface area contributed by atoms with Gasteiger partial charge >= 0.3 is 0 Å². The van der Waals surface area contributed by atoms with Crippen molar-refractivity contribution in [3.05, 3.63) is 53.1 Å². The first kappa shape index (κ1) is 16.0. The van der Waals surface area contributed by atoms with E-state index < -0.39 is 0 Å². The first-order chi connectivity index (χ1) is 10.0. The molecular weight excluding hydrogens is 277 g/mol. The minimum Gasteiger partial charge on any atom is -0.507 e. The van der Waals surface area contributed by atoms with Crippen LogP contribution in [0.5, 0.6) is 5.75 Å². The van der Waals surface area contributed by atoms with Gasteiger partial charge in [0.1, 0.15) is 5.75 Å². The number of phenolic OH excluding ortho intramolecular Hbond substituents is 1. The van der Waals surface area contributed by atoms with Gasteiger partial charge in [0.15, 0.2) is 0 Å². The largest absolute Gasteiger partial charge is 0.507 e. The van der Waals surface area contributed by atoms with Crippen molar-refractivity contribution in [3.63, 3.8) is 0 Å². The predicted octanol–water partition coefficient (Wildman–Crippen LogP) is 3.31. The lowest BCUT2D eigenvalue weighted by molar-refractivity contribution is 0.479. The summed E-state index contributed by atoms with van der Waals surface area (Å²) in [5.74, 6) is 0.393. The first-order valence-corrected chi connectivity index (χ1v) is 8.42. The number of rotatable bonds is 5. The highest BCUT2D eigenvalue weighted by molar-refractivity contribution is 7.56. The zero-order valence-corrected chi connectivity index (χ0v) is 14.2. The van der Waals surface area contributed by atoms with Crippen molar-refractivity contribution in [2.45, 2.75) is 33.7 Å². The molecule has 2 rings (SSSR count). The first-order valence-electron chi connectivity index (χ1n) is 7.42. The Morgan fingerprint density at radius 2 is 1.95 bits per heavy atom. The second-order valence-electron chi connectivity index (χ2n) is 5.46. The second-order valence-corrected chi connectivity index (χ2v) is 6.75. The van der Waals surface area contributed by atoms with Crippen LogP contribution in [0.3, 0.4) is 0 Å². The molecule has 21 heavy (non-hydrogen) atoms. The minimum atomic E-state index is 0.323. The van der Waals surface area contributed by atoms with Gasteiger partial charge in [-0.2, -0.15) is 0 Å². The Bertz CT molecular complexity index is 625. The molecule has 0 saturated heterocycles. The standard InChI is InChI=1S/C18H24NOP/c1-5-19-14(4)15-8-6-7-13(3)18(15)21-17-11-12(2)9-10-16(17)20/h6-11,14,19-21H,5H2,1-4H3. The van der Waals surface area contributed by atoms with Crippen LogP contribution in [0.15, 0.2) is 36.4 Å². The Balaban J connectivity index is 2.41. The van der Waals surface area contributed by atoms with Gasteiger partial charge in [0.25, 0.3) is 0 Å². The fraction of sp³-hybridized carbons (Fsp3) is 0.333. The molecule has 2 unspecified atom stereocenters. The van der Waals surface area contributed by atoms with Crippen LogP contribution in [-0.2, 0) is 0 Å². The summed E-state index contributed by atoms with van der Waals surface area (Å²) in [5.41, 5.74) is 3.80. The number of nitrogens with one attached hydrogen (secondary N) is 1. The molecular formula is C18H24NOP. The molecule has 2 N–H and O–H groups in total. The van der Waals surface area contributed by atoms with E-state index in [9.17, 15) is 5.11 Å². The highest BCUT2D eigenvalue weighted by atomic mass is 31.1. The molecule has 0 bridgehead atoms. The molecule has 2 nitrogen and oxygen atoms in total. The summed E-state index contributed by atoms with van der Waals surface area (Å²) in [4.78, 5) is 0. The maximum absolute atomic E-state index is 10.1. The third-order valence-electron chi connectivity index (χ3n) is 3.69. The Labute approximate surface area is 129 Å². The molecule has 0 fully saturated rings. The molecule has 0 radical (unpaired) electrons. The summed E-state index contributed by atoms with van der Waals surface area (Å²) in [6.07, 6.45) is 0. The van der Waals surface area contributed by atoms with Crippen molar-refractivity contribution in [1.29, 1.82) is 0 Å². The SMILES string of the molecule is CCNC(C)c1cccc(C)c1Pc1cc(C)ccc1O. The van der Waals surface area contributed by atoms with E-state index in [0.717, 1.165) is 11.8 Å². The molecule has 0 aromatic heterocycles. The summed E-state index contributed by atoms with van der Waals surface area (Å²) in [5, 5.41) is 16.0. The molecule has 3 heteroatoms. The monoisotopic (exact) mass is 301 g/mol. The van der Waals surface area contributed by atoms with Crippen molar-refractivity contribution in [3.8, 4) is 5.75 Å². The highest BCUT2D eigenvalue weighted by Gasteiger charge is 2.13. The quantitative estimate of drug-likeness (QED) is 0.831. The van der Waals surface area contributed by atoms with E-state index in [0.29, 0.717) is 20.4 Å². The van der Waals surface area contributed by atoms with Crippen LogP contribution in [0.1, 0.15) is 36.6 Å². The van der Waals surface area contributed by atoms with Crippen molar-refractivity contribution in [1.82, 2.24) is 5.32 Å². The molecule has 0 aliphatic heterocycles. The number of aryl methyl sites for hydroxylation is 2. The van der Waals surface area contributed by atoms with E-state index in [2.05, 4.69) is 57.3 Å². The predicted molar refractivity (Wildman–Crippen MR) is 93.7 cm³/mol. The zero-order valence-electron chi connectivity index (χ0n) is 13.2. The molecule has 112 valence electrons. The average Bonchev–Trinajstić information content (AvgIpc) is 2.45. The summed E-state index contributed by atoms with van der Waals surface area (Å²) in [6.45, 7) is 9.49. The molecule has 2 atom stereocenters. The minimum absolute atomic E-state index is 0.323. The number of aromatic hydroxyl groups is 1. The number of hydrogen-bond donors (Lipinski definition) is 2. The molecule has 0 amide bonds. The normalized spacial score (nSPS) is 13.0. The van der Waals surface area contributed by atoms with E-state index in [1.807, 2.05) is 6.07 Å². The van der Waals surface area contributed by atoms with Crippen LogP contribution in [0, 0.1) is 13.8 Å². The van der Waals surface area contributed by atoms with E-state index in [4.69, 9.17) is 0 Å². The fourth-order valence-electron chi connectivity index (χ4n) is 2.52. The summed E-state index contributed by atoms with van der Waals surface area (Å²) in [7, 11) is 0.477. The lowest BCUT2D eigenvalue weighted by Gasteiger charge is -2.19. The van der Waals surface area contributed by atoms with Crippen molar-refractivity contribution >= 4 is 19.2 Å². The van der Waals surface area contributed by atoms with E-state index >= 15 is 0 Å². The zero-order chi connectivity index (χ0) is 15.4. The van der Waals surface area contributed by atoms with Crippen LogP contribution in [0.4, 0.5) is 0 Å². The number of phenols is 1. The Morgan fingerprint density at radius 3 is 2.67 bits per heavy atom. The Hall–Kier alpha value is -1.37. The Morgan fingerprint density at radius 1 is 1.19 bits per heavy atom. The van der Waals surface area contributed by atoms with Crippen LogP contribution >= 0.6 is 8.58 Å². The van der Waals surface area contributed by atoms with Gasteiger partial charge in [0.05, 0.1) is 0 Å². The number of benzene rings is 2. The van der Waals surface area contributed by atoms with E-state index in [-0.39, 0.29) is 0 Å². The summed E-state index contributed by atoms with van der Waals surface area (Å²) >= 11 is 0. The smallest absolute Gasteiger partial charge is 0.123 e. The van der Waals surface area contributed by atoms with Gasteiger partial charge in [0, 0.05) is 11.3 Å². The molecule has 0 aliphatic rings. The third-order valence-corrected chi connectivity index (χ3v) is 5.30. The fourth-order valence-corrected chi connectivity index (χ4v) is 4.03. The van der Waals surface area contributed by atoms with Crippen molar-refractivity contribution in [2.24, 2.45) is 0 Å². The van der Waals surface area contributed by atoms with Gasteiger partial charge < -0.3 is 10.4 Å². The maximum Gasteiger partial charge on any atom is 0.123 e. The van der Waals surface area contributed by atoms with Crippen LogP contribution in [-0.4, -0.2) is 11.7 Å². The van der Waals surface area contributed by atoms with Crippen LogP contribution < -0.4 is 15.9 Å². The molecule has 0 saturated carbocycles. The lowest BCUT2D eigenvalue weighted by Crippen LogP contribution is -2.24. The van der Waals surface area contributed by atoms with E-state index in [1.165, 1.54) is 22.0 Å². The number of hydrogen-bond acceptors (Lipinski definition) is 2. The van der Waals surface area contributed by atoms with Gasteiger partial charge in [-0.25, -0.2) is 0 Å². The average molecular weight is 301 g/mol. The summed E-state index contributed by atoms with van der Waals surface area (Å²) in [6, 6.07) is 12.6. The van der Waals surface area contributed by atoms with Gasteiger partial charge in [-0.15, -0.1) is 0 Å². The molecule has 2 aromatic carbocycles. The van der Waals surface area contributed by atoms with Crippen molar-refractivity contribution in [2.75, 3.05) is 6.54 Å². The molecule has 2 aromatic rings. The topological polar surface area (TPSA) is 32.3 Å². The van der Waals surface area contributed by atoms with Crippen molar-refractivity contribution < 1.29 is 5.11 Å². The van der Waals surface area contributed by atoms with Crippen LogP contribution in [0.2, 0.25) is 0 Å². The van der Waals surface area contributed by atoms with E-state index in [1.54, 1.807) is 6.07 Å². The maximum atomic E-state index is 10.1. The third kappa shape index (κ3) is 3.84. The Kier molecular flexibility index (Phi) is 5.39. The molecule has 0 aliphatic carbocycles. The van der Waals surface area contributed by atoms with Gasteiger partial charge in [-0.3, -0.25) is 0 Å². The molecule has 0 spiro atoms. The molecule has 0 heterocycles. The summed E-state index contributed by atoms with van der Waals surface area (Å²) < 4.78 is 0. The van der Waals surface area contributed by atoms with Crippen LogP contribution in [0.25, 0.3) is 0 Å². The second kappa shape index (κ2) is 7.06.